The third kappa shape index (κ3) is 4.31. The summed E-state index contributed by atoms with van der Waals surface area (Å²) >= 11 is 12.0. The molecule has 4 aromatic rings. The molecule has 2 aromatic heterocycles. The molecule has 0 fully saturated rings. The molecule has 0 amide bonds. The molecule has 0 aliphatic heterocycles. The Morgan fingerprint density at radius 3 is 2.61 bits per heavy atom. The molecule has 8 heteroatoms. The Morgan fingerprint density at radius 1 is 1.10 bits per heavy atom. The van der Waals surface area contributed by atoms with Crippen molar-refractivity contribution in [2.24, 2.45) is 0 Å². The minimum Gasteiger partial charge on any atom is -0.477 e. The number of esters is 1. The molecule has 0 N–H and O–H groups in total. The molecule has 2 aromatic carbocycles. The lowest BCUT2D eigenvalue weighted by Crippen LogP contribution is -2.30. The number of furan rings is 1. The molecule has 0 unspecified atom stereocenters. The maximum absolute atomic E-state index is 13.1. The van der Waals surface area contributed by atoms with Gasteiger partial charge in [0.15, 0.2) is 11.9 Å². The van der Waals surface area contributed by atoms with E-state index >= 15 is 0 Å². The number of hydrogen-bond donors (Lipinski definition) is 0. The largest absolute Gasteiger partial charge is 0.477 e. The molecule has 0 bridgehead atoms. The molecular weight excluding hydrogens is 443 g/mol. The number of ether oxygens (including phenoxy) is 2. The van der Waals surface area contributed by atoms with Gasteiger partial charge in [0.05, 0.1) is 16.7 Å². The molecule has 0 aliphatic rings. The number of fused-ring (bicyclic) bond motifs is 1. The maximum Gasteiger partial charge on any atom is 0.352 e. The van der Waals surface area contributed by atoms with Crippen LogP contribution in [0.1, 0.15) is 12.5 Å². The van der Waals surface area contributed by atoms with Crippen molar-refractivity contribution < 1.29 is 23.1 Å². The zero-order chi connectivity index (χ0) is 22.1. The molecule has 0 aliphatic carbocycles. The van der Waals surface area contributed by atoms with Crippen LogP contribution >= 0.6 is 23.2 Å². The lowest BCUT2D eigenvalue weighted by atomic mass is 10.1. The van der Waals surface area contributed by atoms with Crippen molar-refractivity contribution in [3.63, 3.8) is 0 Å². The maximum atomic E-state index is 13.1. The Bertz CT molecular complexity index is 1320. The van der Waals surface area contributed by atoms with Crippen molar-refractivity contribution in [1.82, 2.24) is 0 Å². The van der Waals surface area contributed by atoms with E-state index in [4.69, 9.17) is 41.5 Å². The van der Waals surface area contributed by atoms with E-state index in [9.17, 15) is 9.59 Å². The molecule has 2 heterocycles. The average Bonchev–Trinajstić information content (AvgIpc) is 3.27. The van der Waals surface area contributed by atoms with Crippen LogP contribution in [0.5, 0.6) is 11.5 Å². The van der Waals surface area contributed by atoms with Crippen LogP contribution in [-0.2, 0) is 4.79 Å². The van der Waals surface area contributed by atoms with Gasteiger partial charge in [-0.05, 0) is 56.3 Å². The summed E-state index contributed by atoms with van der Waals surface area (Å²) in [5.74, 6) is -0.579. The SMILES string of the molecule is Cc1ccc2oc(-c3ccco3)c(OC(=O)[C@@H](C)Oc3ccc(Cl)cc3Cl)c(=O)c2c1. The molecule has 158 valence electrons. The summed E-state index contributed by atoms with van der Waals surface area (Å²) in [6.07, 6.45) is 0.352. The van der Waals surface area contributed by atoms with Crippen LogP contribution in [0.3, 0.4) is 0 Å². The first kappa shape index (κ1) is 21.0. The van der Waals surface area contributed by atoms with Crippen LogP contribution in [0.25, 0.3) is 22.5 Å². The summed E-state index contributed by atoms with van der Waals surface area (Å²) in [6.45, 7) is 3.32. The van der Waals surface area contributed by atoms with E-state index in [1.165, 1.54) is 25.3 Å². The summed E-state index contributed by atoms with van der Waals surface area (Å²) in [6, 6.07) is 13.0. The number of aryl methyl sites for hydroxylation is 1. The summed E-state index contributed by atoms with van der Waals surface area (Å²) in [5.41, 5.74) is 0.706. The van der Waals surface area contributed by atoms with Crippen molar-refractivity contribution in [3.05, 3.63) is 80.6 Å². The van der Waals surface area contributed by atoms with Gasteiger partial charge in [0.1, 0.15) is 11.3 Å². The van der Waals surface area contributed by atoms with Crippen LogP contribution in [0.2, 0.25) is 10.0 Å². The predicted molar refractivity (Wildman–Crippen MR) is 117 cm³/mol. The highest BCUT2D eigenvalue weighted by molar-refractivity contribution is 6.35. The van der Waals surface area contributed by atoms with Crippen molar-refractivity contribution in [3.8, 4) is 23.0 Å². The Kier molecular flexibility index (Phi) is 5.76. The van der Waals surface area contributed by atoms with Gasteiger partial charge < -0.3 is 18.3 Å². The third-order valence-electron chi connectivity index (χ3n) is 4.48. The highest BCUT2D eigenvalue weighted by Crippen LogP contribution is 2.32. The Hall–Kier alpha value is -3.22. The van der Waals surface area contributed by atoms with E-state index < -0.39 is 17.5 Å². The van der Waals surface area contributed by atoms with Gasteiger partial charge in [-0.1, -0.05) is 34.8 Å². The second-order valence-corrected chi connectivity index (χ2v) is 7.67. The Labute approximate surface area is 186 Å². The fourth-order valence-electron chi connectivity index (χ4n) is 2.95. The molecule has 0 radical (unpaired) electrons. The van der Waals surface area contributed by atoms with Crippen molar-refractivity contribution in [1.29, 1.82) is 0 Å². The van der Waals surface area contributed by atoms with E-state index in [2.05, 4.69) is 0 Å². The lowest BCUT2D eigenvalue weighted by molar-refractivity contribution is -0.141. The number of benzene rings is 2. The van der Waals surface area contributed by atoms with Gasteiger partial charge in [-0.3, -0.25) is 4.79 Å². The summed E-state index contributed by atoms with van der Waals surface area (Å²) in [7, 11) is 0. The van der Waals surface area contributed by atoms with Gasteiger partial charge in [-0.25, -0.2) is 4.79 Å². The first-order chi connectivity index (χ1) is 14.8. The van der Waals surface area contributed by atoms with E-state index in [1.54, 1.807) is 30.3 Å². The second kappa shape index (κ2) is 8.49. The quantitative estimate of drug-likeness (QED) is 0.339. The highest BCUT2D eigenvalue weighted by Gasteiger charge is 2.26. The average molecular weight is 459 g/mol. The smallest absolute Gasteiger partial charge is 0.352 e. The second-order valence-electron chi connectivity index (χ2n) is 6.82. The molecule has 4 rings (SSSR count). The molecule has 6 nitrogen and oxygen atoms in total. The number of hydrogen-bond acceptors (Lipinski definition) is 6. The van der Waals surface area contributed by atoms with Gasteiger partial charge in [0.25, 0.3) is 0 Å². The topological polar surface area (TPSA) is 78.9 Å². The molecule has 31 heavy (non-hydrogen) atoms. The highest BCUT2D eigenvalue weighted by atomic mass is 35.5. The van der Waals surface area contributed by atoms with Crippen molar-refractivity contribution in [2.75, 3.05) is 0 Å². The number of carbonyl (C=O) groups is 1. The minimum absolute atomic E-state index is 0.0106. The summed E-state index contributed by atoms with van der Waals surface area (Å²) < 4.78 is 22.3. The van der Waals surface area contributed by atoms with Crippen LogP contribution in [0.15, 0.2) is 68.4 Å². The molecule has 0 saturated heterocycles. The van der Waals surface area contributed by atoms with Crippen molar-refractivity contribution in [2.45, 2.75) is 20.0 Å². The number of rotatable bonds is 5. The fourth-order valence-corrected chi connectivity index (χ4v) is 3.40. The normalized spacial score (nSPS) is 12.0. The lowest BCUT2D eigenvalue weighted by Gasteiger charge is -2.15. The minimum atomic E-state index is -1.07. The van der Waals surface area contributed by atoms with Crippen molar-refractivity contribution >= 4 is 40.1 Å². The zero-order valence-electron chi connectivity index (χ0n) is 16.5. The molecular formula is C23H16Cl2O6. The standard InChI is InChI=1S/C23H16Cl2O6/c1-12-5-7-17-15(10-12)20(26)22(21(30-17)19-4-3-9-28-19)31-23(27)13(2)29-18-8-6-14(24)11-16(18)25/h3-11,13H,1-2H3/t13-/m1/s1. The van der Waals surface area contributed by atoms with Crippen LogP contribution in [-0.4, -0.2) is 12.1 Å². The van der Waals surface area contributed by atoms with E-state index in [0.717, 1.165) is 5.56 Å². The Morgan fingerprint density at radius 2 is 1.90 bits per heavy atom. The zero-order valence-corrected chi connectivity index (χ0v) is 18.0. The van der Waals surface area contributed by atoms with E-state index in [1.807, 2.05) is 13.0 Å². The van der Waals surface area contributed by atoms with Crippen LogP contribution in [0, 0.1) is 6.92 Å². The molecule has 0 spiro atoms. The van der Waals surface area contributed by atoms with E-state index in [-0.39, 0.29) is 33.4 Å². The first-order valence-corrected chi connectivity index (χ1v) is 10.0. The van der Waals surface area contributed by atoms with Gasteiger partial charge in [0.2, 0.25) is 16.9 Å². The number of halogens is 2. The summed E-state index contributed by atoms with van der Waals surface area (Å²) in [4.78, 5) is 25.9. The first-order valence-electron chi connectivity index (χ1n) is 9.28. The van der Waals surface area contributed by atoms with Gasteiger partial charge >= 0.3 is 5.97 Å². The van der Waals surface area contributed by atoms with Gasteiger partial charge in [-0.15, -0.1) is 0 Å². The van der Waals surface area contributed by atoms with Gasteiger partial charge in [-0.2, -0.15) is 0 Å². The summed E-state index contributed by atoms with van der Waals surface area (Å²) in [5, 5.41) is 0.955. The van der Waals surface area contributed by atoms with E-state index in [0.29, 0.717) is 10.6 Å². The third-order valence-corrected chi connectivity index (χ3v) is 5.01. The van der Waals surface area contributed by atoms with Crippen LogP contribution in [0.4, 0.5) is 0 Å². The molecule has 0 saturated carbocycles. The Balaban J connectivity index is 1.71. The predicted octanol–water partition coefficient (Wildman–Crippen LogP) is 6.04. The molecule has 1 atom stereocenters. The van der Waals surface area contributed by atoms with Gasteiger partial charge in [0, 0.05) is 5.02 Å². The van der Waals surface area contributed by atoms with Crippen LogP contribution < -0.4 is 14.9 Å². The number of carbonyl (C=O) groups excluding carboxylic acids is 1. The fraction of sp³-hybridized carbons (Fsp3) is 0.130. The monoisotopic (exact) mass is 458 g/mol.